The van der Waals surface area contributed by atoms with Gasteiger partial charge in [-0.1, -0.05) is 6.07 Å². The maximum Gasteiger partial charge on any atom is 0.140 e. The van der Waals surface area contributed by atoms with Gasteiger partial charge in [-0.2, -0.15) is 0 Å². The predicted octanol–water partition coefficient (Wildman–Crippen LogP) is 2.50. The topological polar surface area (TPSA) is 41.1 Å². The summed E-state index contributed by atoms with van der Waals surface area (Å²) in [6.45, 7) is 8.44. The summed E-state index contributed by atoms with van der Waals surface area (Å²) >= 11 is 0. The first kappa shape index (κ1) is 13.0. The second kappa shape index (κ2) is 4.67. The van der Waals surface area contributed by atoms with Crippen molar-refractivity contribution >= 4 is 16.7 Å². The molecule has 2 aliphatic heterocycles. The molecule has 2 aromatic rings. The number of rotatable bonds is 1. The van der Waals surface area contributed by atoms with Crippen molar-refractivity contribution in [2.24, 2.45) is 0 Å². The minimum absolute atomic E-state index is 0.626. The van der Waals surface area contributed by atoms with Gasteiger partial charge < -0.3 is 10.2 Å². The molecular formula is C17H22N4. The smallest absolute Gasteiger partial charge is 0.140 e. The maximum absolute atomic E-state index is 4.78. The fourth-order valence-electron chi connectivity index (χ4n) is 3.74. The van der Waals surface area contributed by atoms with Crippen LogP contribution < -0.4 is 10.2 Å². The minimum Gasteiger partial charge on any atom is -0.353 e. The lowest BCUT2D eigenvalue weighted by Gasteiger charge is -2.34. The highest BCUT2D eigenvalue weighted by molar-refractivity contribution is 5.92. The molecule has 2 saturated heterocycles. The third-order valence-electron chi connectivity index (χ3n) is 5.00. The van der Waals surface area contributed by atoms with E-state index < -0.39 is 0 Å². The van der Waals surface area contributed by atoms with E-state index in [-0.39, 0.29) is 0 Å². The number of nitrogens with zero attached hydrogens (tertiary/aromatic N) is 3. The largest absolute Gasteiger partial charge is 0.353 e. The Labute approximate surface area is 125 Å². The molecular weight excluding hydrogens is 260 g/mol. The Morgan fingerprint density at radius 2 is 1.76 bits per heavy atom. The number of benzene rings is 1. The highest BCUT2D eigenvalue weighted by atomic mass is 15.3. The van der Waals surface area contributed by atoms with Gasteiger partial charge in [-0.3, -0.25) is 0 Å². The van der Waals surface area contributed by atoms with Crippen LogP contribution in [0.5, 0.6) is 0 Å². The molecule has 4 rings (SSSR count). The van der Waals surface area contributed by atoms with E-state index in [0.717, 1.165) is 30.2 Å². The Morgan fingerprint density at radius 1 is 1.05 bits per heavy atom. The van der Waals surface area contributed by atoms with Crippen molar-refractivity contribution in [2.45, 2.75) is 45.7 Å². The van der Waals surface area contributed by atoms with Crippen molar-refractivity contribution in [2.75, 3.05) is 18.0 Å². The standard InChI is InChI=1S/C17H22N4/c1-10-4-7-15-16(11(10)2)18-12(3)19-17(15)21-8-13-5-6-14(9-21)20-13/h4,7,13-14,20H,5-6,8-9H2,1-3H3. The molecule has 2 atom stereocenters. The fourth-order valence-corrected chi connectivity index (χ4v) is 3.74. The van der Waals surface area contributed by atoms with Crippen LogP contribution in [0.15, 0.2) is 12.1 Å². The van der Waals surface area contributed by atoms with E-state index in [1.807, 2.05) is 6.92 Å². The summed E-state index contributed by atoms with van der Waals surface area (Å²) in [4.78, 5) is 11.9. The highest BCUT2D eigenvalue weighted by Crippen LogP contribution is 2.31. The van der Waals surface area contributed by atoms with Gasteiger partial charge in [0.2, 0.25) is 0 Å². The molecule has 1 aromatic heterocycles. The van der Waals surface area contributed by atoms with Crippen molar-refractivity contribution in [3.63, 3.8) is 0 Å². The first-order chi connectivity index (χ1) is 10.1. The summed E-state index contributed by atoms with van der Waals surface area (Å²) in [5.41, 5.74) is 3.69. The number of nitrogens with one attached hydrogen (secondary N) is 1. The average molecular weight is 282 g/mol. The molecule has 0 radical (unpaired) electrons. The monoisotopic (exact) mass is 282 g/mol. The molecule has 1 aromatic carbocycles. The summed E-state index contributed by atoms with van der Waals surface area (Å²) in [5, 5.41) is 4.89. The molecule has 2 unspecified atom stereocenters. The van der Waals surface area contributed by atoms with E-state index in [9.17, 15) is 0 Å². The van der Waals surface area contributed by atoms with Crippen LogP contribution in [0.3, 0.4) is 0 Å². The summed E-state index contributed by atoms with van der Waals surface area (Å²) in [6.07, 6.45) is 2.59. The van der Waals surface area contributed by atoms with Crippen molar-refractivity contribution in [3.8, 4) is 0 Å². The van der Waals surface area contributed by atoms with E-state index in [4.69, 9.17) is 9.97 Å². The molecule has 3 heterocycles. The molecule has 4 heteroatoms. The summed E-state index contributed by atoms with van der Waals surface area (Å²) in [7, 11) is 0. The third-order valence-corrected chi connectivity index (χ3v) is 5.00. The predicted molar refractivity (Wildman–Crippen MR) is 85.9 cm³/mol. The molecule has 0 aliphatic carbocycles. The lowest BCUT2D eigenvalue weighted by atomic mass is 10.0. The van der Waals surface area contributed by atoms with E-state index in [2.05, 4.69) is 36.2 Å². The molecule has 21 heavy (non-hydrogen) atoms. The van der Waals surface area contributed by atoms with Crippen molar-refractivity contribution < 1.29 is 0 Å². The molecule has 2 fully saturated rings. The number of anilines is 1. The highest BCUT2D eigenvalue weighted by Gasteiger charge is 2.33. The maximum atomic E-state index is 4.78. The Kier molecular flexibility index (Phi) is 2.89. The average Bonchev–Trinajstić information content (AvgIpc) is 2.81. The quantitative estimate of drug-likeness (QED) is 0.872. The van der Waals surface area contributed by atoms with E-state index in [1.54, 1.807) is 0 Å². The van der Waals surface area contributed by atoms with Gasteiger partial charge in [-0.25, -0.2) is 9.97 Å². The molecule has 2 bridgehead atoms. The van der Waals surface area contributed by atoms with Gasteiger partial charge in [0.05, 0.1) is 5.52 Å². The lowest BCUT2D eigenvalue weighted by Crippen LogP contribution is -2.51. The molecule has 0 saturated carbocycles. The first-order valence-corrected chi connectivity index (χ1v) is 7.87. The zero-order chi connectivity index (χ0) is 14.6. The Balaban J connectivity index is 1.86. The Hall–Kier alpha value is -1.68. The van der Waals surface area contributed by atoms with Crippen molar-refractivity contribution in [1.82, 2.24) is 15.3 Å². The van der Waals surface area contributed by atoms with Gasteiger partial charge >= 0.3 is 0 Å². The second-order valence-corrected chi connectivity index (χ2v) is 6.54. The normalized spacial score (nSPS) is 24.8. The first-order valence-electron chi connectivity index (χ1n) is 7.87. The molecule has 0 spiro atoms. The van der Waals surface area contributed by atoms with Gasteiger partial charge in [0, 0.05) is 30.6 Å². The second-order valence-electron chi connectivity index (χ2n) is 6.54. The van der Waals surface area contributed by atoms with Gasteiger partial charge in [-0.05, 0) is 50.8 Å². The van der Waals surface area contributed by atoms with Crippen LogP contribution in [0.4, 0.5) is 5.82 Å². The van der Waals surface area contributed by atoms with Gasteiger partial charge in [-0.15, -0.1) is 0 Å². The zero-order valence-corrected chi connectivity index (χ0v) is 13.0. The number of aryl methyl sites for hydroxylation is 3. The molecule has 4 nitrogen and oxygen atoms in total. The van der Waals surface area contributed by atoms with E-state index in [1.165, 1.54) is 29.4 Å². The van der Waals surface area contributed by atoms with Crippen LogP contribution >= 0.6 is 0 Å². The van der Waals surface area contributed by atoms with E-state index >= 15 is 0 Å². The summed E-state index contributed by atoms with van der Waals surface area (Å²) in [5.74, 6) is 2.00. The summed E-state index contributed by atoms with van der Waals surface area (Å²) in [6, 6.07) is 5.63. The fraction of sp³-hybridized carbons (Fsp3) is 0.529. The van der Waals surface area contributed by atoms with Crippen LogP contribution in [-0.4, -0.2) is 35.1 Å². The Bertz CT molecular complexity index is 697. The molecule has 110 valence electrons. The minimum atomic E-state index is 0.626. The third kappa shape index (κ3) is 2.09. The van der Waals surface area contributed by atoms with Crippen LogP contribution in [0.25, 0.3) is 10.9 Å². The van der Waals surface area contributed by atoms with Crippen molar-refractivity contribution in [1.29, 1.82) is 0 Å². The number of aromatic nitrogens is 2. The van der Waals surface area contributed by atoms with Crippen molar-refractivity contribution in [3.05, 3.63) is 29.1 Å². The number of hydrogen-bond donors (Lipinski definition) is 1. The molecule has 0 amide bonds. The summed E-state index contributed by atoms with van der Waals surface area (Å²) < 4.78 is 0. The molecule has 1 N–H and O–H groups in total. The zero-order valence-electron chi connectivity index (χ0n) is 13.0. The number of fused-ring (bicyclic) bond motifs is 3. The Morgan fingerprint density at radius 3 is 2.48 bits per heavy atom. The van der Waals surface area contributed by atoms with Gasteiger partial charge in [0.25, 0.3) is 0 Å². The van der Waals surface area contributed by atoms with Crippen LogP contribution in [-0.2, 0) is 0 Å². The van der Waals surface area contributed by atoms with E-state index in [0.29, 0.717) is 12.1 Å². The van der Waals surface area contributed by atoms with Gasteiger partial charge in [0.15, 0.2) is 0 Å². The molecule has 2 aliphatic rings. The van der Waals surface area contributed by atoms with Gasteiger partial charge in [0.1, 0.15) is 11.6 Å². The number of hydrogen-bond acceptors (Lipinski definition) is 4. The lowest BCUT2D eigenvalue weighted by molar-refractivity contribution is 0.464. The van der Waals surface area contributed by atoms with Crippen LogP contribution in [0.2, 0.25) is 0 Å². The van der Waals surface area contributed by atoms with Crippen LogP contribution in [0, 0.1) is 20.8 Å². The number of piperazine rings is 1. The SMILES string of the molecule is Cc1nc(N2CC3CCC(C2)N3)c2ccc(C)c(C)c2n1. The van der Waals surface area contributed by atoms with Crippen LogP contribution in [0.1, 0.15) is 29.8 Å².